The van der Waals surface area contributed by atoms with Crippen molar-refractivity contribution < 1.29 is 0 Å². The lowest BCUT2D eigenvalue weighted by atomic mass is 9.97. The summed E-state index contributed by atoms with van der Waals surface area (Å²) >= 11 is 0. The molecule has 70 valence electrons. The molecule has 0 bridgehead atoms. The van der Waals surface area contributed by atoms with Crippen LogP contribution in [0, 0.1) is 0 Å². The zero-order valence-electron chi connectivity index (χ0n) is 8.04. The number of benzene rings is 2. The molecule has 0 saturated heterocycles. The minimum atomic E-state index is 0.369. The molecule has 0 aromatic heterocycles. The summed E-state index contributed by atoms with van der Waals surface area (Å²) in [5, 5.41) is 2.65. The van der Waals surface area contributed by atoms with Crippen molar-refractivity contribution in [1.82, 2.24) is 5.43 Å². The molecule has 0 radical (unpaired) electrons. The van der Waals surface area contributed by atoms with Crippen molar-refractivity contribution in [1.29, 1.82) is 0 Å². The molecule has 2 heteroatoms. The summed E-state index contributed by atoms with van der Waals surface area (Å²) < 4.78 is 0. The van der Waals surface area contributed by atoms with Gasteiger partial charge in [-0.3, -0.25) is 0 Å². The summed E-state index contributed by atoms with van der Waals surface area (Å²) in [5.41, 5.74) is 9.02. The number of hydrogen-bond donors (Lipinski definition) is 2. The molecule has 2 aromatic carbocycles. The summed E-state index contributed by atoms with van der Waals surface area (Å²) in [5.74, 6) is 0. The first-order chi connectivity index (χ1) is 6.86. The normalized spacial score (nSPS) is 19.4. The Hall–Kier alpha value is -1.54. The molecular weight excluding hydrogens is 172 g/mol. The van der Waals surface area contributed by atoms with Gasteiger partial charge in [-0.05, 0) is 23.9 Å². The van der Waals surface area contributed by atoms with E-state index < -0.39 is 0 Å². The maximum atomic E-state index is 3.25. The van der Waals surface area contributed by atoms with Crippen molar-refractivity contribution in [3.8, 4) is 0 Å². The fraction of sp³-hybridized carbons (Fsp3) is 0.167. The van der Waals surface area contributed by atoms with Gasteiger partial charge in [0.2, 0.25) is 0 Å². The Morgan fingerprint density at radius 2 is 1.86 bits per heavy atom. The van der Waals surface area contributed by atoms with E-state index >= 15 is 0 Å². The van der Waals surface area contributed by atoms with Gasteiger partial charge in [0.1, 0.15) is 0 Å². The van der Waals surface area contributed by atoms with Crippen molar-refractivity contribution in [2.45, 2.75) is 13.0 Å². The van der Waals surface area contributed by atoms with Crippen molar-refractivity contribution in [2.75, 3.05) is 5.43 Å². The summed E-state index contributed by atoms with van der Waals surface area (Å²) in [4.78, 5) is 0. The van der Waals surface area contributed by atoms with Gasteiger partial charge in [0.05, 0.1) is 5.69 Å². The van der Waals surface area contributed by atoms with E-state index in [1.54, 1.807) is 0 Å². The van der Waals surface area contributed by atoms with E-state index in [9.17, 15) is 0 Å². The molecule has 1 atom stereocenters. The number of hydrazine groups is 1. The predicted molar refractivity (Wildman–Crippen MR) is 59.1 cm³/mol. The number of nitrogens with one attached hydrogen (secondary N) is 2. The lowest BCUT2D eigenvalue weighted by Crippen LogP contribution is -2.29. The third-order valence-electron chi connectivity index (χ3n) is 2.83. The topological polar surface area (TPSA) is 24.1 Å². The van der Waals surface area contributed by atoms with Crippen molar-refractivity contribution in [3.63, 3.8) is 0 Å². The molecule has 2 N–H and O–H groups in total. The number of anilines is 1. The SMILES string of the molecule is CC1NNc2cccc3cccc1c23. The Kier molecular flexibility index (Phi) is 1.52. The van der Waals surface area contributed by atoms with Gasteiger partial charge in [-0.2, -0.15) is 0 Å². The lowest BCUT2D eigenvalue weighted by Gasteiger charge is -2.25. The van der Waals surface area contributed by atoms with Crippen molar-refractivity contribution >= 4 is 16.5 Å². The van der Waals surface area contributed by atoms with Crippen LogP contribution in [-0.4, -0.2) is 0 Å². The van der Waals surface area contributed by atoms with Crippen LogP contribution in [0.5, 0.6) is 0 Å². The van der Waals surface area contributed by atoms with Gasteiger partial charge in [0, 0.05) is 11.4 Å². The van der Waals surface area contributed by atoms with Gasteiger partial charge in [-0.1, -0.05) is 30.3 Å². The second-order valence-electron chi connectivity index (χ2n) is 3.74. The van der Waals surface area contributed by atoms with Crippen LogP contribution >= 0.6 is 0 Å². The lowest BCUT2D eigenvalue weighted by molar-refractivity contribution is 0.640. The maximum Gasteiger partial charge on any atom is 0.0569 e. The molecule has 14 heavy (non-hydrogen) atoms. The molecule has 1 unspecified atom stereocenters. The van der Waals surface area contributed by atoms with Gasteiger partial charge in [0.15, 0.2) is 0 Å². The van der Waals surface area contributed by atoms with Gasteiger partial charge < -0.3 is 5.43 Å². The molecule has 3 rings (SSSR count). The summed E-state index contributed by atoms with van der Waals surface area (Å²) in [6, 6.07) is 13.2. The van der Waals surface area contributed by atoms with Crippen LogP contribution in [0.2, 0.25) is 0 Å². The van der Waals surface area contributed by atoms with E-state index in [1.807, 2.05) is 0 Å². The molecule has 0 aliphatic carbocycles. The van der Waals surface area contributed by atoms with E-state index in [1.165, 1.54) is 22.0 Å². The molecule has 0 spiro atoms. The van der Waals surface area contributed by atoms with Crippen molar-refractivity contribution in [2.24, 2.45) is 0 Å². The summed E-state index contributed by atoms with van der Waals surface area (Å²) in [6.07, 6.45) is 0. The average molecular weight is 184 g/mol. The van der Waals surface area contributed by atoms with Crippen LogP contribution in [0.15, 0.2) is 36.4 Å². The molecule has 2 aromatic rings. The quantitative estimate of drug-likeness (QED) is 0.658. The second-order valence-corrected chi connectivity index (χ2v) is 3.74. The maximum absolute atomic E-state index is 3.25. The van der Waals surface area contributed by atoms with Crippen LogP contribution in [0.1, 0.15) is 18.5 Å². The highest BCUT2D eigenvalue weighted by Gasteiger charge is 2.16. The number of rotatable bonds is 0. The van der Waals surface area contributed by atoms with E-state index in [0.29, 0.717) is 6.04 Å². The summed E-state index contributed by atoms with van der Waals surface area (Å²) in [7, 11) is 0. The standard InChI is InChI=1S/C12H12N2/c1-8-10-6-2-4-9-5-3-7-11(12(9)10)14-13-8/h2-8,13-14H,1H3. The van der Waals surface area contributed by atoms with E-state index in [-0.39, 0.29) is 0 Å². The zero-order valence-corrected chi connectivity index (χ0v) is 8.04. The molecule has 1 aliphatic heterocycles. The first-order valence-corrected chi connectivity index (χ1v) is 4.89. The fourth-order valence-electron chi connectivity index (χ4n) is 2.10. The fourth-order valence-corrected chi connectivity index (χ4v) is 2.10. The van der Waals surface area contributed by atoms with Gasteiger partial charge in [-0.15, -0.1) is 0 Å². The molecule has 0 fully saturated rings. The third kappa shape index (κ3) is 0.946. The Labute approximate surface area is 82.9 Å². The first kappa shape index (κ1) is 7.83. The highest BCUT2D eigenvalue weighted by molar-refractivity contribution is 5.97. The van der Waals surface area contributed by atoms with Crippen LogP contribution in [0.4, 0.5) is 5.69 Å². The molecular formula is C12H12N2. The minimum Gasteiger partial charge on any atom is -0.320 e. The Morgan fingerprint density at radius 1 is 1.07 bits per heavy atom. The second kappa shape index (κ2) is 2.72. The Morgan fingerprint density at radius 3 is 2.71 bits per heavy atom. The van der Waals surface area contributed by atoms with Gasteiger partial charge >= 0.3 is 0 Å². The Bertz CT molecular complexity index is 485. The van der Waals surface area contributed by atoms with Crippen LogP contribution in [0.3, 0.4) is 0 Å². The predicted octanol–water partition coefficient (Wildman–Crippen LogP) is 2.83. The van der Waals surface area contributed by atoms with E-state index in [2.05, 4.69) is 54.2 Å². The first-order valence-electron chi connectivity index (χ1n) is 4.89. The Balaban J connectivity index is 2.46. The minimum absolute atomic E-state index is 0.369. The molecule has 2 nitrogen and oxygen atoms in total. The summed E-state index contributed by atoms with van der Waals surface area (Å²) in [6.45, 7) is 2.16. The number of hydrogen-bond acceptors (Lipinski definition) is 2. The van der Waals surface area contributed by atoms with Crippen LogP contribution < -0.4 is 10.9 Å². The van der Waals surface area contributed by atoms with Crippen LogP contribution in [0.25, 0.3) is 10.8 Å². The van der Waals surface area contributed by atoms with E-state index in [0.717, 1.165) is 0 Å². The smallest absolute Gasteiger partial charge is 0.0569 e. The van der Waals surface area contributed by atoms with Crippen LogP contribution in [-0.2, 0) is 0 Å². The zero-order chi connectivity index (χ0) is 9.54. The average Bonchev–Trinajstić information content (AvgIpc) is 2.24. The molecule has 1 heterocycles. The monoisotopic (exact) mass is 184 g/mol. The van der Waals surface area contributed by atoms with Crippen molar-refractivity contribution in [3.05, 3.63) is 42.0 Å². The van der Waals surface area contributed by atoms with Gasteiger partial charge in [-0.25, -0.2) is 5.43 Å². The molecule has 0 amide bonds. The van der Waals surface area contributed by atoms with Gasteiger partial charge in [0.25, 0.3) is 0 Å². The molecule has 0 saturated carbocycles. The highest BCUT2D eigenvalue weighted by Crippen LogP contribution is 2.33. The third-order valence-corrected chi connectivity index (χ3v) is 2.83. The largest absolute Gasteiger partial charge is 0.320 e. The molecule has 1 aliphatic rings. The van der Waals surface area contributed by atoms with E-state index in [4.69, 9.17) is 0 Å². The highest BCUT2D eigenvalue weighted by atomic mass is 15.4.